The second-order valence-corrected chi connectivity index (χ2v) is 4.76. The number of carboxylic acids is 1. The van der Waals surface area contributed by atoms with Gasteiger partial charge in [0.25, 0.3) is 0 Å². The van der Waals surface area contributed by atoms with Crippen LogP contribution < -0.4 is 5.32 Å². The predicted octanol–water partition coefficient (Wildman–Crippen LogP) is 3.61. The molecule has 23 heavy (non-hydrogen) atoms. The molecule has 0 aliphatic heterocycles. The molecule has 5 nitrogen and oxygen atoms in total. The topological polar surface area (TPSA) is 75.6 Å². The molecule has 0 bridgehead atoms. The average Bonchev–Trinajstić information content (AvgIpc) is 2.48. The average molecular weight is 331 g/mol. The molecule has 1 aromatic carbocycles. The molecule has 0 aliphatic carbocycles. The smallest absolute Gasteiger partial charge is 0.412 e. The fraction of sp³-hybridized carbons (Fsp3) is 0.333. The van der Waals surface area contributed by atoms with Gasteiger partial charge < -0.3 is 9.84 Å². The van der Waals surface area contributed by atoms with Crippen molar-refractivity contribution in [1.82, 2.24) is 5.32 Å². The van der Waals surface area contributed by atoms with E-state index in [0.29, 0.717) is 5.56 Å². The normalized spacial score (nSPS) is 12.3. The van der Waals surface area contributed by atoms with E-state index in [9.17, 15) is 22.8 Å². The number of benzene rings is 1. The Balaban J connectivity index is 2.64. The molecule has 1 aromatic rings. The van der Waals surface area contributed by atoms with Crippen LogP contribution in [0.3, 0.4) is 0 Å². The van der Waals surface area contributed by atoms with Crippen LogP contribution in [-0.4, -0.2) is 23.3 Å². The van der Waals surface area contributed by atoms with Crippen molar-refractivity contribution in [2.45, 2.75) is 32.5 Å². The Kier molecular flexibility index (Phi) is 6.62. The molecular weight excluding hydrogens is 315 g/mol. The Morgan fingerprint density at radius 2 is 1.83 bits per heavy atom. The van der Waals surface area contributed by atoms with Crippen LogP contribution >= 0.6 is 0 Å². The van der Waals surface area contributed by atoms with E-state index in [0.717, 1.165) is 0 Å². The van der Waals surface area contributed by atoms with Crippen molar-refractivity contribution in [3.05, 3.63) is 47.2 Å². The largest absolute Gasteiger partial charge is 0.477 e. The summed E-state index contributed by atoms with van der Waals surface area (Å²) in [5.74, 6) is -1.53. The van der Waals surface area contributed by atoms with Crippen molar-refractivity contribution in [2.75, 3.05) is 0 Å². The summed E-state index contributed by atoms with van der Waals surface area (Å²) in [6, 6.07) is 8.66. The molecule has 2 N–H and O–H groups in total. The number of carbonyl (C=O) groups excluding carboxylic acids is 1. The van der Waals surface area contributed by atoms with Gasteiger partial charge in [-0.3, -0.25) is 5.32 Å². The Morgan fingerprint density at radius 1 is 1.22 bits per heavy atom. The fourth-order valence-corrected chi connectivity index (χ4v) is 1.66. The summed E-state index contributed by atoms with van der Waals surface area (Å²) in [7, 11) is 0. The Labute approximate surface area is 130 Å². The summed E-state index contributed by atoms with van der Waals surface area (Å²) in [6.07, 6.45) is -7.14. The van der Waals surface area contributed by atoms with E-state index in [1.165, 1.54) is 6.92 Å². The number of hydrogen-bond acceptors (Lipinski definition) is 3. The molecule has 8 heteroatoms. The number of alkyl carbamates (subject to hydrolysis) is 1. The highest BCUT2D eigenvalue weighted by atomic mass is 19.4. The minimum absolute atomic E-state index is 0.0822. The molecule has 0 heterocycles. The molecule has 0 spiro atoms. The van der Waals surface area contributed by atoms with Crippen LogP contribution in [0.25, 0.3) is 0 Å². The summed E-state index contributed by atoms with van der Waals surface area (Å²) in [6.45, 7) is 1.13. The zero-order chi connectivity index (χ0) is 17.5. The molecule has 0 aliphatic rings. The summed E-state index contributed by atoms with van der Waals surface area (Å²) in [5.41, 5.74) is -0.00362. The lowest BCUT2D eigenvalue weighted by Gasteiger charge is -2.12. The molecule has 0 atom stereocenters. The van der Waals surface area contributed by atoms with Gasteiger partial charge >= 0.3 is 18.2 Å². The number of allylic oxidation sites excluding steroid dienone is 1. The van der Waals surface area contributed by atoms with Crippen LogP contribution in [-0.2, 0) is 16.1 Å². The van der Waals surface area contributed by atoms with E-state index in [-0.39, 0.29) is 12.2 Å². The first-order chi connectivity index (χ1) is 10.7. The van der Waals surface area contributed by atoms with E-state index in [1.54, 1.807) is 30.3 Å². The van der Waals surface area contributed by atoms with E-state index < -0.39 is 36.8 Å². The molecule has 0 saturated heterocycles. The zero-order valence-corrected chi connectivity index (χ0v) is 12.3. The number of carbonyl (C=O) groups is 2. The second kappa shape index (κ2) is 8.21. The van der Waals surface area contributed by atoms with Gasteiger partial charge in [-0.15, -0.1) is 0 Å². The molecule has 1 rings (SSSR count). The molecule has 1 amide bonds. The number of carboxylic acid groups (broad SMARTS) is 1. The second-order valence-electron chi connectivity index (χ2n) is 4.76. The molecular formula is C15H16F3NO4. The van der Waals surface area contributed by atoms with Crippen LogP contribution in [0.2, 0.25) is 0 Å². The van der Waals surface area contributed by atoms with Gasteiger partial charge in [0, 0.05) is 6.42 Å². The number of aliphatic carboxylic acids is 1. The molecule has 0 radical (unpaired) electrons. The highest BCUT2D eigenvalue weighted by molar-refractivity contribution is 5.91. The number of amides is 1. The summed E-state index contributed by atoms with van der Waals surface area (Å²) in [5, 5.41) is 11.0. The van der Waals surface area contributed by atoms with E-state index in [2.05, 4.69) is 0 Å². The van der Waals surface area contributed by atoms with Gasteiger partial charge in [-0.1, -0.05) is 30.3 Å². The Hall–Kier alpha value is -2.51. The number of halogens is 3. The lowest BCUT2D eigenvalue weighted by atomic mass is 10.1. The number of nitrogens with one attached hydrogen (secondary N) is 1. The number of ether oxygens (including phenoxy) is 1. The maximum atomic E-state index is 12.2. The first-order valence-corrected chi connectivity index (χ1v) is 6.66. The summed E-state index contributed by atoms with van der Waals surface area (Å²) in [4.78, 5) is 22.6. The monoisotopic (exact) mass is 331 g/mol. The third-order valence-electron chi connectivity index (χ3n) is 2.86. The zero-order valence-electron chi connectivity index (χ0n) is 12.3. The van der Waals surface area contributed by atoms with Crippen molar-refractivity contribution < 1.29 is 32.6 Å². The van der Waals surface area contributed by atoms with Crippen molar-refractivity contribution in [1.29, 1.82) is 0 Å². The quantitative estimate of drug-likeness (QED) is 0.781. The minimum atomic E-state index is -4.40. The summed E-state index contributed by atoms with van der Waals surface area (Å²) < 4.78 is 41.3. The van der Waals surface area contributed by atoms with Gasteiger partial charge in [-0.2, -0.15) is 13.2 Å². The predicted molar refractivity (Wildman–Crippen MR) is 75.4 cm³/mol. The van der Waals surface area contributed by atoms with Gasteiger partial charge in [0.1, 0.15) is 12.3 Å². The third-order valence-corrected chi connectivity index (χ3v) is 2.86. The van der Waals surface area contributed by atoms with Crippen molar-refractivity contribution in [2.24, 2.45) is 0 Å². The maximum absolute atomic E-state index is 12.2. The van der Waals surface area contributed by atoms with Crippen molar-refractivity contribution in [3.63, 3.8) is 0 Å². The van der Waals surface area contributed by atoms with Crippen LogP contribution in [0.5, 0.6) is 0 Å². The Bertz CT molecular complexity index is 582. The highest BCUT2D eigenvalue weighted by Crippen LogP contribution is 2.24. The van der Waals surface area contributed by atoms with Crippen LogP contribution in [0.1, 0.15) is 25.3 Å². The van der Waals surface area contributed by atoms with E-state index in [4.69, 9.17) is 9.84 Å². The van der Waals surface area contributed by atoms with Gasteiger partial charge in [0.05, 0.1) is 0 Å². The SMILES string of the molecule is CC(CCC(F)(F)F)=C(NC(=O)OCc1ccccc1)C(=O)O. The maximum Gasteiger partial charge on any atom is 0.412 e. The van der Waals surface area contributed by atoms with Crippen molar-refractivity contribution >= 4 is 12.1 Å². The molecule has 126 valence electrons. The third kappa shape index (κ3) is 7.35. The van der Waals surface area contributed by atoms with Gasteiger partial charge in [-0.25, -0.2) is 9.59 Å². The fourth-order valence-electron chi connectivity index (χ4n) is 1.66. The van der Waals surface area contributed by atoms with E-state index >= 15 is 0 Å². The van der Waals surface area contributed by atoms with Crippen molar-refractivity contribution in [3.8, 4) is 0 Å². The molecule has 0 aromatic heterocycles. The Morgan fingerprint density at radius 3 is 2.35 bits per heavy atom. The van der Waals surface area contributed by atoms with Gasteiger partial charge in [0.2, 0.25) is 0 Å². The highest BCUT2D eigenvalue weighted by Gasteiger charge is 2.27. The van der Waals surface area contributed by atoms with Crippen LogP contribution in [0.15, 0.2) is 41.6 Å². The van der Waals surface area contributed by atoms with Crippen LogP contribution in [0.4, 0.5) is 18.0 Å². The summed E-state index contributed by atoms with van der Waals surface area (Å²) >= 11 is 0. The first kappa shape index (κ1) is 18.5. The van der Waals surface area contributed by atoms with E-state index in [1.807, 2.05) is 5.32 Å². The standard InChI is InChI=1S/C15H16F3NO4/c1-10(7-8-15(16,17)18)12(13(20)21)19-14(22)23-9-11-5-3-2-4-6-11/h2-6H,7-9H2,1H3,(H,19,22)(H,20,21). The molecule has 0 unspecified atom stereocenters. The number of hydrogen-bond donors (Lipinski definition) is 2. The minimum Gasteiger partial charge on any atom is -0.477 e. The van der Waals surface area contributed by atoms with Gasteiger partial charge in [0.15, 0.2) is 0 Å². The first-order valence-electron chi connectivity index (χ1n) is 6.66. The lowest BCUT2D eigenvalue weighted by molar-refractivity contribution is -0.135. The number of rotatable bonds is 6. The lowest BCUT2D eigenvalue weighted by Crippen LogP contribution is -2.29. The number of alkyl halides is 3. The van der Waals surface area contributed by atoms with Gasteiger partial charge in [-0.05, 0) is 24.5 Å². The van der Waals surface area contributed by atoms with Crippen LogP contribution in [0, 0.1) is 0 Å². The molecule has 0 saturated carbocycles. The molecule has 0 fully saturated rings.